The summed E-state index contributed by atoms with van der Waals surface area (Å²) in [5.74, 6) is 0.133. The Morgan fingerprint density at radius 2 is 1.74 bits per heavy atom. The molecule has 0 amide bonds. The third-order valence-corrected chi connectivity index (χ3v) is 3.31. The summed E-state index contributed by atoms with van der Waals surface area (Å²) in [4.78, 5) is 11.9. The molecule has 0 radical (unpaired) electrons. The van der Waals surface area contributed by atoms with Crippen LogP contribution in [0.5, 0.6) is 5.75 Å². The smallest absolute Gasteiger partial charge is 0.315 e. The van der Waals surface area contributed by atoms with Gasteiger partial charge in [0.25, 0.3) is 0 Å². The lowest BCUT2D eigenvalue weighted by atomic mass is 10.1. The van der Waals surface area contributed by atoms with E-state index in [0.29, 0.717) is 21.4 Å². The molecular formula is C15H12Cl2O2. The Balaban J connectivity index is 2.10. The lowest BCUT2D eigenvalue weighted by Crippen LogP contribution is -2.12. The first-order valence-electron chi connectivity index (χ1n) is 5.76. The van der Waals surface area contributed by atoms with E-state index in [4.69, 9.17) is 27.9 Å². The number of benzene rings is 2. The highest BCUT2D eigenvalue weighted by molar-refractivity contribution is 6.36. The number of rotatable bonds is 3. The third kappa shape index (κ3) is 3.72. The molecular weight excluding hydrogens is 283 g/mol. The molecule has 2 aromatic rings. The van der Waals surface area contributed by atoms with Crippen LogP contribution >= 0.6 is 23.2 Å². The molecule has 0 saturated heterocycles. The monoisotopic (exact) mass is 294 g/mol. The second-order valence-corrected chi connectivity index (χ2v) is 4.98. The molecule has 0 spiro atoms. The largest absolute Gasteiger partial charge is 0.426 e. The molecule has 2 aromatic carbocycles. The molecule has 0 aromatic heterocycles. The number of halogens is 2. The molecule has 0 unspecified atom stereocenters. The first kappa shape index (κ1) is 13.9. The van der Waals surface area contributed by atoms with Gasteiger partial charge in [-0.2, -0.15) is 0 Å². The van der Waals surface area contributed by atoms with Crippen molar-refractivity contribution in [1.82, 2.24) is 0 Å². The maximum atomic E-state index is 11.9. The van der Waals surface area contributed by atoms with Gasteiger partial charge in [-0.05, 0) is 36.8 Å². The van der Waals surface area contributed by atoms with Crippen molar-refractivity contribution in [3.63, 3.8) is 0 Å². The van der Waals surface area contributed by atoms with Gasteiger partial charge in [0.05, 0.1) is 6.42 Å². The minimum atomic E-state index is -0.388. The molecule has 0 bridgehead atoms. The molecule has 0 aliphatic heterocycles. The van der Waals surface area contributed by atoms with Gasteiger partial charge >= 0.3 is 5.97 Å². The van der Waals surface area contributed by atoms with Gasteiger partial charge in [-0.25, -0.2) is 0 Å². The van der Waals surface area contributed by atoms with Gasteiger partial charge in [0, 0.05) is 15.6 Å². The van der Waals surface area contributed by atoms with Crippen LogP contribution in [0.3, 0.4) is 0 Å². The van der Waals surface area contributed by atoms with Crippen LogP contribution in [-0.4, -0.2) is 5.97 Å². The van der Waals surface area contributed by atoms with Crippen molar-refractivity contribution in [1.29, 1.82) is 0 Å². The minimum Gasteiger partial charge on any atom is -0.426 e. The fraction of sp³-hybridized carbons (Fsp3) is 0.133. The molecule has 19 heavy (non-hydrogen) atoms. The summed E-state index contributed by atoms with van der Waals surface area (Å²) in [6, 6.07) is 12.4. The maximum Gasteiger partial charge on any atom is 0.315 e. The molecule has 0 heterocycles. The van der Waals surface area contributed by atoms with Crippen LogP contribution in [0.1, 0.15) is 11.1 Å². The van der Waals surface area contributed by atoms with Crippen LogP contribution in [0.2, 0.25) is 10.0 Å². The Hall–Kier alpha value is -1.51. The molecule has 2 nitrogen and oxygen atoms in total. The zero-order valence-corrected chi connectivity index (χ0v) is 11.8. The van der Waals surface area contributed by atoms with Crippen LogP contribution < -0.4 is 4.74 Å². The number of ether oxygens (including phenoxy) is 1. The number of esters is 1. The molecule has 4 heteroatoms. The van der Waals surface area contributed by atoms with Crippen molar-refractivity contribution in [2.45, 2.75) is 13.3 Å². The van der Waals surface area contributed by atoms with Crippen molar-refractivity contribution in [2.75, 3.05) is 0 Å². The zero-order chi connectivity index (χ0) is 13.8. The van der Waals surface area contributed by atoms with Gasteiger partial charge in [-0.15, -0.1) is 0 Å². The van der Waals surface area contributed by atoms with Crippen LogP contribution in [0, 0.1) is 6.92 Å². The molecule has 0 aliphatic carbocycles. The summed E-state index contributed by atoms with van der Waals surface area (Å²) >= 11 is 12.0. The normalized spacial score (nSPS) is 10.3. The molecule has 98 valence electrons. The molecule has 0 N–H and O–H groups in total. The Morgan fingerprint density at radius 1 is 1.11 bits per heavy atom. The first-order valence-corrected chi connectivity index (χ1v) is 6.52. The highest BCUT2D eigenvalue weighted by Crippen LogP contribution is 2.25. The van der Waals surface area contributed by atoms with Gasteiger partial charge in [-0.3, -0.25) is 4.79 Å². The van der Waals surface area contributed by atoms with Crippen LogP contribution in [0.15, 0.2) is 42.5 Å². The fourth-order valence-electron chi connectivity index (χ4n) is 1.69. The van der Waals surface area contributed by atoms with Crippen molar-refractivity contribution in [3.05, 3.63) is 63.6 Å². The van der Waals surface area contributed by atoms with Gasteiger partial charge in [0.15, 0.2) is 0 Å². The van der Waals surface area contributed by atoms with Gasteiger partial charge in [0.1, 0.15) is 5.75 Å². The summed E-state index contributed by atoms with van der Waals surface area (Å²) in [6.07, 6.45) is 0.0481. The molecule has 0 saturated carbocycles. The topological polar surface area (TPSA) is 26.3 Å². The van der Waals surface area contributed by atoms with E-state index >= 15 is 0 Å². The Morgan fingerprint density at radius 3 is 2.37 bits per heavy atom. The number of carbonyl (C=O) groups is 1. The predicted octanol–water partition coefficient (Wildman–Crippen LogP) is 4.45. The van der Waals surface area contributed by atoms with E-state index in [0.717, 1.165) is 5.56 Å². The van der Waals surface area contributed by atoms with E-state index in [9.17, 15) is 4.79 Å². The Kier molecular flexibility index (Phi) is 4.46. The Labute approximate surface area is 121 Å². The van der Waals surface area contributed by atoms with Crippen LogP contribution in [0.4, 0.5) is 0 Å². The van der Waals surface area contributed by atoms with E-state index in [2.05, 4.69) is 0 Å². The number of carbonyl (C=O) groups excluding carboxylic acids is 1. The number of aryl methyl sites for hydroxylation is 1. The average molecular weight is 295 g/mol. The lowest BCUT2D eigenvalue weighted by Gasteiger charge is -2.07. The van der Waals surface area contributed by atoms with E-state index in [1.54, 1.807) is 30.3 Å². The van der Waals surface area contributed by atoms with Gasteiger partial charge < -0.3 is 4.74 Å². The summed E-state index contributed by atoms with van der Waals surface area (Å²) in [5, 5.41) is 0.933. The summed E-state index contributed by atoms with van der Waals surface area (Å²) in [5.41, 5.74) is 1.62. The van der Waals surface area contributed by atoms with Gasteiger partial charge in [0.2, 0.25) is 0 Å². The van der Waals surface area contributed by atoms with Gasteiger partial charge in [-0.1, -0.05) is 41.4 Å². The Bertz CT molecular complexity index is 589. The molecule has 2 rings (SSSR count). The summed E-state index contributed by atoms with van der Waals surface area (Å²) in [7, 11) is 0. The quantitative estimate of drug-likeness (QED) is 0.617. The van der Waals surface area contributed by atoms with Crippen molar-refractivity contribution in [2.24, 2.45) is 0 Å². The second-order valence-electron chi connectivity index (χ2n) is 4.17. The third-order valence-electron chi connectivity index (χ3n) is 2.60. The number of hydrogen-bond acceptors (Lipinski definition) is 2. The minimum absolute atomic E-state index is 0.0481. The van der Waals surface area contributed by atoms with Crippen LogP contribution in [0.25, 0.3) is 0 Å². The predicted molar refractivity (Wildman–Crippen MR) is 77.0 cm³/mol. The lowest BCUT2D eigenvalue weighted by molar-refractivity contribution is -0.133. The second kappa shape index (κ2) is 6.09. The van der Waals surface area contributed by atoms with E-state index in [1.165, 1.54) is 0 Å². The highest BCUT2D eigenvalue weighted by atomic mass is 35.5. The average Bonchev–Trinajstić information content (AvgIpc) is 2.34. The SMILES string of the molecule is Cc1cccc(OC(=O)Cc2c(Cl)cccc2Cl)c1. The fourth-order valence-corrected chi connectivity index (χ4v) is 2.22. The van der Waals surface area contributed by atoms with Crippen molar-refractivity contribution in [3.8, 4) is 5.75 Å². The maximum absolute atomic E-state index is 11.9. The van der Waals surface area contributed by atoms with E-state index in [-0.39, 0.29) is 12.4 Å². The van der Waals surface area contributed by atoms with E-state index in [1.807, 2.05) is 19.1 Å². The van der Waals surface area contributed by atoms with Crippen molar-refractivity contribution < 1.29 is 9.53 Å². The molecule has 0 aliphatic rings. The number of hydrogen-bond donors (Lipinski definition) is 0. The summed E-state index contributed by atoms with van der Waals surface area (Å²) in [6.45, 7) is 1.93. The molecule has 0 atom stereocenters. The van der Waals surface area contributed by atoms with E-state index < -0.39 is 0 Å². The van der Waals surface area contributed by atoms with Crippen molar-refractivity contribution >= 4 is 29.2 Å². The standard InChI is InChI=1S/C15H12Cl2O2/c1-10-4-2-5-11(8-10)19-15(18)9-12-13(16)6-3-7-14(12)17/h2-8H,9H2,1H3. The summed E-state index contributed by atoms with van der Waals surface area (Å²) < 4.78 is 5.25. The zero-order valence-electron chi connectivity index (χ0n) is 10.3. The first-order chi connectivity index (χ1) is 9.06. The molecule has 0 fully saturated rings. The van der Waals surface area contributed by atoms with Crippen LogP contribution in [-0.2, 0) is 11.2 Å². The highest BCUT2D eigenvalue weighted by Gasteiger charge is 2.12.